The number of likely N-dealkylation sites (tertiary alicyclic amines) is 1. The van der Waals surface area contributed by atoms with E-state index < -0.39 is 6.04 Å². The smallest absolute Gasteiger partial charge is 0.248 e. The average molecular weight is 519 g/mol. The highest BCUT2D eigenvalue weighted by molar-refractivity contribution is 9.10. The van der Waals surface area contributed by atoms with E-state index in [-0.39, 0.29) is 41.4 Å². The number of imide groups is 1. The minimum absolute atomic E-state index is 0.137. The van der Waals surface area contributed by atoms with Crippen LogP contribution in [0.1, 0.15) is 23.1 Å². The Bertz CT molecular complexity index is 1200. The molecule has 34 heavy (non-hydrogen) atoms. The number of halogens is 1. The molecule has 7 atom stereocenters. The van der Waals surface area contributed by atoms with E-state index in [1.54, 1.807) is 0 Å². The molecule has 2 saturated carbocycles. The summed E-state index contributed by atoms with van der Waals surface area (Å²) in [5, 5.41) is 3.03. The molecule has 0 aromatic heterocycles. The Hall–Kier alpha value is -2.73. The molecular weight excluding hydrogens is 492 g/mol. The van der Waals surface area contributed by atoms with Crippen LogP contribution in [0.5, 0.6) is 0 Å². The quantitative estimate of drug-likeness (QED) is 0.462. The number of carbonyl (C=O) groups excluding carboxylic acids is 3. The van der Waals surface area contributed by atoms with Crippen molar-refractivity contribution in [3.8, 4) is 0 Å². The van der Waals surface area contributed by atoms with Crippen molar-refractivity contribution in [2.75, 3.05) is 5.32 Å². The first kappa shape index (κ1) is 21.8. The summed E-state index contributed by atoms with van der Waals surface area (Å²) in [6.07, 6.45) is 5.74. The molecule has 1 heterocycles. The summed E-state index contributed by atoms with van der Waals surface area (Å²) in [5.41, 5.74) is 3.61. The molecule has 0 unspecified atom stereocenters. The molecule has 1 N–H and O–H groups in total. The lowest BCUT2D eigenvalue weighted by atomic mass is 9.63. The lowest BCUT2D eigenvalue weighted by Crippen LogP contribution is -2.49. The van der Waals surface area contributed by atoms with Gasteiger partial charge in [0.15, 0.2) is 0 Å². The number of carbonyl (C=O) groups is 3. The van der Waals surface area contributed by atoms with Crippen molar-refractivity contribution in [1.29, 1.82) is 0 Å². The van der Waals surface area contributed by atoms with Crippen molar-refractivity contribution in [1.82, 2.24) is 4.90 Å². The van der Waals surface area contributed by atoms with Crippen molar-refractivity contribution in [2.45, 2.75) is 32.7 Å². The van der Waals surface area contributed by atoms with E-state index in [9.17, 15) is 14.4 Å². The van der Waals surface area contributed by atoms with Crippen molar-refractivity contribution in [3.63, 3.8) is 0 Å². The summed E-state index contributed by atoms with van der Waals surface area (Å²) >= 11 is 3.53. The molecule has 1 saturated heterocycles. The fraction of sp³-hybridized carbons (Fsp3) is 0.393. The van der Waals surface area contributed by atoms with Crippen LogP contribution in [0, 0.1) is 49.4 Å². The Morgan fingerprint density at radius 1 is 0.971 bits per heavy atom. The van der Waals surface area contributed by atoms with Gasteiger partial charge in [0, 0.05) is 16.6 Å². The van der Waals surface area contributed by atoms with Crippen molar-refractivity contribution in [3.05, 3.63) is 75.8 Å². The average Bonchev–Trinajstić information content (AvgIpc) is 3.62. The summed E-state index contributed by atoms with van der Waals surface area (Å²) in [6.45, 7) is 3.95. The van der Waals surface area contributed by atoms with Crippen LogP contribution in [-0.2, 0) is 20.8 Å². The number of nitrogens with zero attached hydrogens (tertiary/aromatic N) is 1. The Kier molecular flexibility index (Phi) is 5.07. The third-order valence-electron chi connectivity index (χ3n) is 8.56. The predicted octanol–water partition coefficient (Wildman–Crippen LogP) is 4.67. The topological polar surface area (TPSA) is 66.5 Å². The maximum Gasteiger partial charge on any atom is 0.248 e. The van der Waals surface area contributed by atoms with Crippen LogP contribution in [0.2, 0.25) is 0 Å². The maximum atomic E-state index is 13.7. The number of amides is 3. The molecule has 0 radical (unpaired) electrons. The molecule has 2 aromatic rings. The molecule has 6 heteroatoms. The van der Waals surface area contributed by atoms with Crippen molar-refractivity contribution >= 4 is 39.3 Å². The van der Waals surface area contributed by atoms with E-state index >= 15 is 0 Å². The lowest BCUT2D eigenvalue weighted by molar-refractivity contribution is -0.146. The first-order valence-electron chi connectivity index (χ1n) is 12.0. The van der Waals surface area contributed by atoms with Crippen LogP contribution in [-0.4, -0.2) is 28.7 Å². The minimum atomic E-state index is -0.882. The number of anilines is 1. The zero-order chi connectivity index (χ0) is 23.7. The summed E-state index contributed by atoms with van der Waals surface area (Å²) in [4.78, 5) is 42.5. The highest BCUT2D eigenvalue weighted by Crippen LogP contribution is 2.65. The number of allylic oxidation sites excluding steroid dienone is 2. The van der Waals surface area contributed by atoms with Crippen LogP contribution in [0.15, 0.2) is 59.1 Å². The van der Waals surface area contributed by atoms with E-state index in [1.807, 2.05) is 56.3 Å². The van der Waals surface area contributed by atoms with Gasteiger partial charge in [0.1, 0.15) is 6.04 Å². The van der Waals surface area contributed by atoms with Gasteiger partial charge in [-0.3, -0.25) is 19.3 Å². The van der Waals surface area contributed by atoms with Gasteiger partial charge >= 0.3 is 0 Å². The molecule has 2 bridgehead atoms. The minimum Gasteiger partial charge on any atom is -0.324 e. The second-order valence-electron chi connectivity index (χ2n) is 10.2. The molecular formula is C28H27BrN2O3. The third kappa shape index (κ3) is 3.22. The zero-order valence-corrected chi connectivity index (χ0v) is 20.8. The van der Waals surface area contributed by atoms with Gasteiger partial charge in [-0.1, -0.05) is 58.4 Å². The van der Waals surface area contributed by atoms with Gasteiger partial charge in [-0.25, -0.2) is 0 Å². The third-order valence-corrected chi connectivity index (χ3v) is 9.42. The first-order valence-corrected chi connectivity index (χ1v) is 12.8. The van der Waals surface area contributed by atoms with Crippen molar-refractivity contribution < 1.29 is 14.4 Å². The van der Waals surface area contributed by atoms with Gasteiger partial charge < -0.3 is 5.32 Å². The molecule has 1 aliphatic heterocycles. The summed E-state index contributed by atoms with van der Waals surface area (Å²) in [7, 11) is 0. The number of hydrogen-bond donors (Lipinski definition) is 1. The standard InChI is InChI=1S/C28H27BrN2O3/c1-14-15(2)22(11-10-21(14)29)30-26(32)23(12-16-6-4-3-5-7-16)31-27(33)24-17-8-9-18(20-13-19(17)20)25(24)28(31)34/h3-11,17-20,23-25H,12-13H2,1-2H3,(H,30,32)/t17-,18-,19-,20-,23-,24-,25+/m0/s1. The Morgan fingerprint density at radius 3 is 2.21 bits per heavy atom. The molecule has 0 spiro atoms. The predicted molar refractivity (Wildman–Crippen MR) is 133 cm³/mol. The van der Waals surface area contributed by atoms with Gasteiger partial charge in [-0.15, -0.1) is 0 Å². The van der Waals surface area contributed by atoms with Crippen LogP contribution in [0.3, 0.4) is 0 Å². The van der Waals surface area contributed by atoms with E-state index in [0.29, 0.717) is 23.9 Å². The summed E-state index contributed by atoms with van der Waals surface area (Å²) in [6, 6.07) is 12.5. The van der Waals surface area contributed by atoms with E-state index in [4.69, 9.17) is 0 Å². The number of rotatable bonds is 5. The fourth-order valence-corrected chi connectivity index (χ4v) is 6.99. The lowest BCUT2D eigenvalue weighted by Gasteiger charge is -2.37. The molecule has 3 amide bonds. The highest BCUT2D eigenvalue weighted by Gasteiger charge is 2.67. The Labute approximate surface area is 207 Å². The molecule has 7 rings (SSSR count). The van der Waals surface area contributed by atoms with Crippen molar-refractivity contribution in [2.24, 2.45) is 35.5 Å². The van der Waals surface area contributed by atoms with Crippen LogP contribution in [0.4, 0.5) is 5.69 Å². The van der Waals surface area contributed by atoms with Gasteiger partial charge in [-0.2, -0.15) is 0 Å². The summed E-state index contributed by atoms with van der Waals surface area (Å²) in [5.74, 6) is 0.0587. The Morgan fingerprint density at radius 2 is 1.59 bits per heavy atom. The van der Waals surface area contributed by atoms with Gasteiger partial charge in [0.05, 0.1) is 11.8 Å². The normalized spacial score (nSPS) is 31.3. The van der Waals surface area contributed by atoms with Crippen LogP contribution < -0.4 is 5.32 Å². The Balaban J connectivity index is 1.34. The number of hydrogen-bond acceptors (Lipinski definition) is 3. The molecule has 174 valence electrons. The van der Waals surface area contributed by atoms with Gasteiger partial charge in [0.25, 0.3) is 0 Å². The monoisotopic (exact) mass is 518 g/mol. The first-order chi connectivity index (χ1) is 16.4. The molecule has 2 aromatic carbocycles. The van der Waals surface area contributed by atoms with Gasteiger partial charge in [0.2, 0.25) is 17.7 Å². The molecule has 4 aliphatic carbocycles. The van der Waals surface area contributed by atoms with E-state index in [1.165, 1.54) is 4.90 Å². The SMILES string of the molecule is Cc1c(Br)ccc(NC(=O)[C@H](Cc2ccccc2)N2C(=O)[C@@H]3[C@H]4C=C[C@@H]([C@@H]5C[C@@H]45)[C@@H]3C2=O)c1C. The second kappa shape index (κ2) is 7.91. The van der Waals surface area contributed by atoms with Crippen LogP contribution >= 0.6 is 15.9 Å². The molecule has 5 nitrogen and oxygen atoms in total. The zero-order valence-electron chi connectivity index (χ0n) is 19.2. The fourth-order valence-electron chi connectivity index (χ4n) is 6.56. The molecule has 5 aliphatic rings. The summed E-state index contributed by atoms with van der Waals surface area (Å²) < 4.78 is 0.972. The van der Waals surface area contributed by atoms with E-state index in [0.717, 1.165) is 27.6 Å². The van der Waals surface area contributed by atoms with Crippen LogP contribution in [0.25, 0.3) is 0 Å². The number of nitrogens with one attached hydrogen (secondary N) is 1. The van der Waals surface area contributed by atoms with Gasteiger partial charge in [-0.05, 0) is 72.8 Å². The molecule has 3 fully saturated rings. The largest absolute Gasteiger partial charge is 0.324 e. The maximum absolute atomic E-state index is 13.7. The highest BCUT2D eigenvalue weighted by atomic mass is 79.9. The second-order valence-corrected chi connectivity index (χ2v) is 11.1. The van der Waals surface area contributed by atoms with E-state index in [2.05, 4.69) is 33.4 Å². The number of benzene rings is 2.